The van der Waals surface area contributed by atoms with Gasteiger partial charge in [-0.15, -0.1) is 0 Å². The van der Waals surface area contributed by atoms with Crippen molar-refractivity contribution >= 4 is 34.7 Å². The van der Waals surface area contributed by atoms with Crippen molar-refractivity contribution < 1.29 is 4.74 Å². The van der Waals surface area contributed by atoms with Crippen LogP contribution in [0.1, 0.15) is 113 Å². The third-order valence-corrected chi connectivity index (χ3v) is 7.48. The van der Waals surface area contributed by atoms with Gasteiger partial charge in [-0.2, -0.15) is 0 Å². The average Bonchev–Trinajstić information content (AvgIpc) is 2.84. The number of methoxy groups -OCH3 is 1. The van der Waals surface area contributed by atoms with Gasteiger partial charge < -0.3 is 4.74 Å². The largest absolute Gasteiger partial charge is 0.497 e. The Morgan fingerprint density at radius 2 is 1.21 bits per heavy atom. The molecule has 182 valence electrons. The van der Waals surface area contributed by atoms with Gasteiger partial charge in [-0.3, -0.25) is 0 Å². The Balaban J connectivity index is 2.07. The topological polar surface area (TPSA) is 9.23 Å². The number of hydrogen-bond donors (Lipinski definition) is 0. The molecule has 0 N–H and O–H groups in total. The van der Waals surface area contributed by atoms with Gasteiger partial charge in [-0.1, -0.05) is 108 Å². The molecule has 0 aliphatic rings. The van der Waals surface area contributed by atoms with Crippen molar-refractivity contribution in [2.45, 2.75) is 104 Å². The smallest absolute Gasteiger partial charge is 0.118 e. The molecule has 0 saturated carbocycles. The third-order valence-electron chi connectivity index (χ3n) is 6.48. The highest BCUT2D eigenvalue weighted by Gasteiger charge is 2.08. The van der Waals surface area contributed by atoms with Crippen LogP contribution in [-0.4, -0.2) is 7.11 Å². The minimum atomic E-state index is 0.909. The van der Waals surface area contributed by atoms with Crippen molar-refractivity contribution in [2.75, 3.05) is 7.11 Å². The van der Waals surface area contributed by atoms with Crippen LogP contribution < -0.4 is 4.74 Å². The molecule has 0 saturated heterocycles. The zero-order valence-electron chi connectivity index (χ0n) is 21.3. The molecule has 0 bridgehead atoms. The van der Waals surface area contributed by atoms with Gasteiger partial charge in [0.05, 0.1) is 7.11 Å². The van der Waals surface area contributed by atoms with Crippen molar-refractivity contribution in [1.29, 1.82) is 0 Å². The Bertz CT molecular complexity index is 806. The molecule has 2 aromatic carbocycles. The van der Waals surface area contributed by atoms with Gasteiger partial charge >= 0.3 is 0 Å². The summed E-state index contributed by atoms with van der Waals surface area (Å²) in [5.41, 5.74) is 5.65. The monoisotopic (exact) mass is 560 g/mol. The van der Waals surface area contributed by atoms with E-state index in [1.807, 2.05) is 12.1 Å². The van der Waals surface area contributed by atoms with E-state index in [0.717, 1.165) is 5.75 Å². The first-order valence-electron chi connectivity index (χ1n) is 13.3. The van der Waals surface area contributed by atoms with Gasteiger partial charge in [0, 0.05) is 3.57 Å². The molecule has 0 aromatic heterocycles. The summed E-state index contributed by atoms with van der Waals surface area (Å²) >= 11 is 2.57. The lowest BCUT2D eigenvalue weighted by Gasteiger charge is -2.13. The van der Waals surface area contributed by atoms with Crippen LogP contribution in [0, 0.1) is 3.57 Å². The van der Waals surface area contributed by atoms with Crippen LogP contribution >= 0.6 is 22.6 Å². The molecule has 2 aromatic rings. The van der Waals surface area contributed by atoms with Crippen LogP contribution in [0.4, 0.5) is 0 Å². The summed E-state index contributed by atoms with van der Waals surface area (Å²) in [6.45, 7) is 4.58. The van der Waals surface area contributed by atoms with E-state index in [4.69, 9.17) is 4.74 Å². The Hall–Kier alpha value is -1.29. The third kappa shape index (κ3) is 11.1. The van der Waals surface area contributed by atoms with E-state index in [2.05, 4.69) is 72.9 Å². The quantitative estimate of drug-likeness (QED) is 0.106. The second-order valence-electron chi connectivity index (χ2n) is 9.28. The molecule has 2 rings (SSSR count). The van der Waals surface area contributed by atoms with Crippen LogP contribution in [-0.2, 0) is 12.8 Å². The lowest BCUT2D eigenvalue weighted by atomic mass is 9.95. The molecule has 0 heterocycles. The maximum absolute atomic E-state index is 5.30. The van der Waals surface area contributed by atoms with E-state index in [1.54, 1.807) is 7.11 Å². The predicted octanol–water partition coefficient (Wildman–Crippen LogP) is 10.3. The van der Waals surface area contributed by atoms with Crippen molar-refractivity contribution in [3.8, 4) is 5.75 Å². The van der Waals surface area contributed by atoms with E-state index in [0.29, 0.717) is 0 Å². The van der Waals surface area contributed by atoms with Crippen LogP contribution in [0.5, 0.6) is 5.75 Å². The van der Waals surface area contributed by atoms with Crippen LogP contribution in [0.15, 0.2) is 36.4 Å². The fourth-order valence-electron chi connectivity index (χ4n) is 4.33. The highest BCUT2D eigenvalue weighted by atomic mass is 127. The second kappa shape index (κ2) is 17.2. The molecule has 0 fully saturated rings. The molecule has 2 heteroatoms. The fourth-order valence-corrected chi connectivity index (χ4v) is 5.14. The van der Waals surface area contributed by atoms with Gasteiger partial charge in [0.2, 0.25) is 0 Å². The van der Waals surface area contributed by atoms with Gasteiger partial charge in [-0.25, -0.2) is 0 Å². The summed E-state index contributed by atoms with van der Waals surface area (Å²) in [5.74, 6) is 0.909. The minimum Gasteiger partial charge on any atom is -0.497 e. The van der Waals surface area contributed by atoms with Crippen molar-refractivity contribution in [1.82, 2.24) is 0 Å². The molecule has 0 aliphatic carbocycles. The normalized spacial score (nSPS) is 11.4. The molecule has 0 atom stereocenters. The summed E-state index contributed by atoms with van der Waals surface area (Å²) in [6.07, 6.45) is 23.2. The molecular formula is C31H45IO. The van der Waals surface area contributed by atoms with E-state index in [1.165, 1.54) is 116 Å². The van der Waals surface area contributed by atoms with Crippen LogP contribution in [0.25, 0.3) is 12.2 Å². The standard InChI is InChI=1S/C31H45IO/c1-4-6-8-10-12-14-16-27-25-31(32)29(17-15-13-11-9-7-5-2)24-28(27)21-18-26-19-22-30(33-3)23-20-26/h18-25H,4-17H2,1-3H3/b21-18+. The summed E-state index contributed by atoms with van der Waals surface area (Å²) < 4.78 is 6.75. The highest BCUT2D eigenvalue weighted by molar-refractivity contribution is 14.1. The first-order valence-corrected chi connectivity index (χ1v) is 14.4. The molecular weight excluding hydrogens is 515 g/mol. The molecule has 0 amide bonds. The van der Waals surface area contributed by atoms with Crippen LogP contribution in [0.2, 0.25) is 0 Å². The van der Waals surface area contributed by atoms with E-state index < -0.39 is 0 Å². The van der Waals surface area contributed by atoms with Crippen molar-refractivity contribution in [3.63, 3.8) is 0 Å². The summed E-state index contributed by atoms with van der Waals surface area (Å²) in [5, 5.41) is 0. The summed E-state index contributed by atoms with van der Waals surface area (Å²) in [7, 11) is 1.72. The van der Waals surface area contributed by atoms with E-state index >= 15 is 0 Å². The molecule has 33 heavy (non-hydrogen) atoms. The number of aryl methyl sites for hydroxylation is 2. The fraction of sp³-hybridized carbons (Fsp3) is 0.548. The van der Waals surface area contributed by atoms with Gasteiger partial charge in [0.25, 0.3) is 0 Å². The zero-order chi connectivity index (χ0) is 23.7. The van der Waals surface area contributed by atoms with Crippen molar-refractivity contribution in [3.05, 3.63) is 62.2 Å². The van der Waals surface area contributed by atoms with Gasteiger partial charge in [0.1, 0.15) is 5.75 Å². The highest BCUT2D eigenvalue weighted by Crippen LogP contribution is 2.25. The number of halogens is 1. The Kier molecular flexibility index (Phi) is 14.6. The Morgan fingerprint density at radius 1 is 0.667 bits per heavy atom. The molecule has 0 radical (unpaired) electrons. The predicted molar refractivity (Wildman–Crippen MR) is 155 cm³/mol. The summed E-state index contributed by atoms with van der Waals surface area (Å²) in [6, 6.07) is 13.3. The molecule has 0 spiro atoms. The maximum Gasteiger partial charge on any atom is 0.118 e. The lowest BCUT2D eigenvalue weighted by Crippen LogP contribution is -1.98. The first-order chi connectivity index (χ1) is 16.2. The Labute approximate surface area is 217 Å². The zero-order valence-corrected chi connectivity index (χ0v) is 23.5. The number of unbranched alkanes of at least 4 members (excludes halogenated alkanes) is 10. The van der Waals surface area contributed by atoms with E-state index in [-0.39, 0.29) is 0 Å². The lowest BCUT2D eigenvalue weighted by molar-refractivity contribution is 0.415. The maximum atomic E-state index is 5.30. The average molecular weight is 561 g/mol. The van der Waals surface area contributed by atoms with Crippen molar-refractivity contribution in [2.24, 2.45) is 0 Å². The molecule has 1 nitrogen and oxygen atoms in total. The second-order valence-corrected chi connectivity index (χ2v) is 10.4. The number of rotatable bonds is 17. The first kappa shape index (κ1) is 28.0. The minimum absolute atomic E-state index is 0.909. The number of ether oxygens (including phenoxy) is 1. The summed E-state index contributed by atoms with van der Waals surface area (Å²) in [4.78, 5) is 0. The Morgan fingerprint density at radius 3 is 1.79 bits per heavy atom. The van der Waals surface area contributed by atoms with E-state index in [9.17, 15) is 0 Å². The number of benzene rings is 2. The van der Waals surface area contributed by atoms with Gasteiger partial charge in [-0.05, 0) is 88.7 Å². The molecule has 0 unspecified atom stereocenters. The number of hydrogen-bond acceptors (Lipinski definition) is 1. The van der Waals surface area contributed by atoms with Crippen LogP contribution in [0.3, 0.4) is 0 Å². The SMILES string of the molecule is CCCCCCCCc1cc(/C=C/c2ccc(OC)cc2)c(CCCCCCCC)cc1I. The molecule has 0 aliphatic heterocycles. The van der Waals surface area contributed by atoms with Gasteiger partial charge in [0.15, 0.2) is 0 Å².